The Balaban J connectivity index is 1.68. The van der Waals surface area contributed by atoms with Crippen LogP contribution in [0.3, 0.4) is 0 Å². The van der Waals surface area contributed by atoms with Crippen LogP contribution in [0.2, 0.25) is 0 Å². The van der Waals surface area contributed by atoms with Gasteiger partial charge in [-0.05, 0) is 72.5 Å². The minimum atomic E-state index is -0.146. The summed E-state index contributed by atoms with van der Waals surface area (Å²) < 4.78 is 0. The number of amides is 2. The molecular formula is C26H23N3O2. The number of carbonyl (C=O) groups is 2. The number of nitrogens with zero attached hydrogens (tertiary/aromatic N) is 1. The van der Waals surface area contributed by atoms with E-state index < -0.39 is 0 Å². The lowest BCUT2D eigenvalue weighted by Crippen LogP contribution is -2.12. The van der Waals surface area contributed by atoms with E-state index in [-0.39, 0.29) is 11.8 Å². The Morgan fingerprint density at radius 3 is 2.42 bits per heavy atom. The molecule has 0 aliphatic rings. The molecule has 0 bridgehead atoms. The number of rotatable bonds is 4. The molecule has 0 atom stereocenters. The molecule has 31 heavy (non-hydrogen) atoms. The molecule has 1 heterocycles. The topological polar surface area (TPSA) is 71.1 Å². The van der Waals surface area contributed by atoms with Crippen LogP contribution in [-0.4, -0.2) is 16.8 Å². The fourth-order valence-corrected chi connectivity index (χ4v) is 3.57. The van der Waals surface area contributed by atoms with Crippen molar-refractivity contribution in [3.8, 4) is 11.1 Å². The van der Waals surface area contributed by atoms with E-state index in [0.29, 0.717) is 16.9 Å². The van der Waals surface area contributed by atoms with Gasteiger partial charge in [0.05, 0.1) is 11.2 Å². The van der Waals surface area contributed by atoms with Crippen LogP contribution in [-0.2, 0) is 4.79 Å². The maximum absolute atomic E-state index is 12.7. The number of pyridine rings is 1. The lowest BCUT2D eigenvalue weighted by molar-refractivity contribution is -0.114. The zero-order valence-electron chi connectivity index (χ0n) is 17.7. The van der Waals surface area contributed by atoms with Gasteiger partial charge in [0, 0.05) is 29.8 Å². The molecule has 4 rings (SSSR count). The van der Waals surface area contributed by atoms with Crippen LogP contribution in [0.15, 0.2) is 72.9 Å². The first-order chi connectivity index (χ1) is 14.9. The highest BCUT2D eigenvalue weighted by atomic mass is 16.2. The molecule has 0 aliphatic carbocycles. The van der Waals surface area contributed by atoms with E-state index in [1.165, 1.54) is 6.92 Å². The molecule has 0 unspecified atom stereocenters. The average Bonchev–Trinajstić information content (AvgIpc) is 2.75. The number of aromatic nitrogens is 1. The van der Waals surface area contributed by atoms with Gasteiger partial charge in [-0.25, -0.2) is 0 Å². The van der Waals surface area contributed by atoms with Gasteiger partial charge in [0.15, 0.2) is 0 Å². The molecule has 154 valence electrons. The zero-order valence-corrected chi connectivity index (χ0v) is 17.7. The van der Waals surface area contributed by atoms with Gasteiger partial charge in [-0.2, -0.15) is 0 Å². The highest BCUT2D eigenvalue weighted by molar-refractivity contribution is 6.06. The SMILES string of the molecule is CC(=O)Nc1cccc2c(-c3cccc(NC(=O)c4ccc(C)c(C)c4)c3)ccnc12. The molecule has 0 spiro atoms. The Morgan fingerprint density at radius 2 is 1.65 bits per heavy atom. The standard InChI is InChI=1S/C26H23N3O2/c1-16-10-11-20(14-17(16)2)26(31)29-21-7-4-6-19(15-21)22-12-13-27-25-23(22)8-5-9-24(25)28-18(3)30/h4-15H,1-3H3,(H,28,30)(H,29,31). The molecule has 0 radical (unpaired) electrons. The summed E-state index contributed by atoms with van der Waals surface area (Å²) in [6.07, 6.45) is 1.73. The van der Waals surface area contributed by atoms with E-state index in [4.69, 9.17) is 0 Å². The number of para-hydroxylation sites is 1. The molecular weight excluding hydrogens is 386 g/mol. The Bertz CT molecular complexity index is 1310. The largest absolute Gasteiger partial charge is 0.324 e. The van der Waals surface area contributed by atoms with Crippen LogP contribution < -0.4 is 10.6 Å². The molecule has 4 aromatic rings. The molecule has 1 aromatic heterocycles. The molecule has 3 aromatic carbocycles. The maximum Gasteiger partial charge on any atom is 0.255 e. The monoisotopic (exact) mass is 409 g/mol. The second-order valence-electron chi connectivity index (χ2n) is 7.58. The van der Waals surface area contributed by atoms with Crippen molar-refractivity contribution >= 4 is 34.1 Å². The number of fused-ring (bicyclic) bond motifs is 1. The van der Waals surface area contributed by atoms with Crippen LogP contribution in [0.1, 0.15) is 28.4 Å². The van der Waals surface area contributed by atoms with Crippen LogP contribution >= 0.6 is 0 Å². The normalized spacial score (nSPS) is 10.7. The average molecular weight is 409 g/mol. The Morgan fingerprint density at radius 1 is 0.839 bits per heavy atom. The van der Waals surface area contributed by atoms with E-state index >= 15 is 0 Å². The van der Waals surface area contributed by atoms with Crippen LogP contribution in [0, 0.1) is 13.8 Å². The van der Waals surface area contributed by atoms with Crippen molar-refractivity contribution in [1.29, 1.82) is 0 Å². The maximum atomic E-state index is 12.7. The third-order valence-corrected chi connectivity index (χ3v) is 5.28. The lowest BCUT2D eigenvalue weighted by atomic mass is 10.00. The van der Waals surface area contributed by atoms with Gasteiger partial charge >= 0.3 is 0 Å². The third kappa shape index (κ3) is 4.31. The second-order valence-corrected chi connectivity index (χ2v) is 7.58. The van der Waals surface area contributed by atoms with Gasteiger partial charge in [-0.3, -0.25) is 14.6 Å². The summed E-state index contributed by atoms with van der Waals surface area (Å²) in [4.78, 5) is 28.7. The molecule has 5 heteroatoms. The molecule has 0 aliphatic heterocycles. The highest BCUT2D eigenvalue weighted by Gasteiger charge is 2.11. The van der Waals surface area contributed by atoms with Gasteiger partial charge in [-0.1, -0.05) is 30.3 Å². The Labute approximate surface area is 181 Å². The van der Waals surface area contributed by atoms with Gasteiger partial charge in [0.1, 0.15) is 0 Å². The summed E-state index contributed by atoms with van der Waals surface area (Å²) in [5.41, 5.74) is 6.89. The first-order valence-corrected chi connectivity index (χ1v) is 10.1. The van der Waals surface area contributed by atoms with Gasteiger partial charge < -0.3 is 10.6 Å². The quantitative estimate of drug-likeness (QED) is 0.452. The number of aryl methyl sites for hydroxylation is 2. The Hall–Kier alpha value is -3.99. The van der Waals surface area contributed by atoms with E-state index in [9.17, 15) is 9.59 Å². The van der Waals surface area contributed by atoms with E-state index in [0.717, 1.165) is 33.2 Å². The van der Waals surface area contributed by atoms with Gasteiger partial charge in [0.2, 0.25) is 5.91 Å². The lowest BCUT2D eigenvalue weighted by Gasteiger charge is -2.12. The molecule has 0 fully saturated rings. The van der Waals surface area contributed by atoms with Crippen molar-refractivity contribution in [2.75, 3.05) is 10.6 Å². The van der Waals surface area contributed by atoms with E-state index in [2.05, 4.69) is 15.6 Å². The molecule has 0 saturated heterocycles. The molecule has 2 amide bonds. The number of nitrogens with one attached hydrogen (secondary N) is 2. The van der Waals surface area contributed by atoms with Crippen molar-refractivity contribution in [1.82, 2.24) is 4.98 Å². The van der Waals surface area contributed by atoms with Crippen LogP contribution in [0.25, 0.3) is 22.0 Å². The number of anilines is 2. The van der Waals surface area contributed by atoms with Crippen molar-refractivity contribution in [3.05, 3.63) is 89.6 Å². The van der Waals surface area contributed by atoms with E-state index in [1.54, 1.807) is 6.20 Å². The van der Waals surface area contributed by atoms with Crippen LogP contribution in [0.5, 0.6) is 0 Å². The summed E-state index contributed by atoms with van der Waals surface area (Å²) in [7, 11) is 0. The van der Waals surface area contributed by atoms with Crippen LogP contribution in [0.4, 0.5) is 11.4 Å². The summed E-state index contributed by atoms with van der Waals surface area (Å²) in [6, 6.07) is 21.0. The first-order valence-electron chi connectivity index (χ1n) is 10.1. The molecule has 2 N–H and O–H groups in total. The van der Waals surface area contributed by atoms with Crippen molar-refractivity contribution in [2.45, 2.75) is 20.8 Å². The Kier molecular flexibility index (Phi) is 5.50. The fraction of sp³-hybridized carbons (Fsp3) is 0.115. The molecule has 5 nitrogen and oxygen atoms in total. The number of carbonyl (C=O) groups excluding carboxylic acids is 2. The summed E-state index contributed by atoms with van der Waals surface area (Å²) >= 11 is 0. The van der Waals surface area contributed by atoms with Crippen molar-refractivity contribution in [3.63, 3.8) is 0 Å². The first kappa shape index (κ1) is 20.3. The minimum Gasteiger partial charge on any atom is -0.324 e. The zero-order chi connectivity index (χ0) is 22.0. The third-order valence-electron chi connectivity index (χ3n) is 5.28. The summed E-state index contributed by atoms with van der Waals surface area (Å²) in [5, 5.41) is 6.74. The summed E-state index contributed by atoms with van der Waals surface area (Å²) in [5.74, 6) is -0.288. The summed E-state index contributed by atoms with van der Waals surface area (Å²) in [6.45, 7) is 5.50. The minimum absolute atomic E-state index is 0.143. The van der Waals surface area contributed by atoms with Crippen molar-refractivity contribution < 1.29 is 9.59 Å². The number of hydrogen-bond acceptors (Lipinski definition) is 3. The molecule has 0 saturated carbocycles. The van der Waals surface area contributed by atoms with Gasteiger partial charge in [0.25, 0.3) is 5.91 Å². The number of hydrogen-bond donors (Lipinski definition) is 2. The van der Waals surface area contributed by atoms with Gasteiger partial charge in [-0.15, -0.1) is 0 Å². The van der Waals surface area contributed by atoms with E-state index in [1.807, 2.05) is 80.6 Å². The second kappa shape index (κ2) is 8.40. The predicted molar refractivity (Wildman–Crippen MR) is 125 cm³/mol. The predicted octanol–water partition coefficient (Wildman–Crippen LogP) is 5.73. The smallest absolute Gasteiger partial charge is 0.255 e. The highest BCUT2D eigenvalue weighted by Crippen LogP contribution is 2.32. The van der Waals surface area contributed by atoms with Crippen molar-refractivity contribution in [2.24, 2.45) is 0 Å². The number of benzene rings is 3. The fourth-order valence-electron chi connectivity index (χ4n) is 3.57.